The van der Waals surface area contributed by atoms with Crippen molar-refractivity contribution in [1.29, 1.82) is 0 Å². The molecule has 2 heterocycles. The van der Waals surface area contributed by atoms with Gasteiger partial charge in [0.15, 0.2) is 0 Å². The minimum Gasteiger partial charge on any atom is -0.317 e. The second-order valence-electron chi connectivity index (χ2n) is 4.68. The third kappa shape index (κ3) is 2.62. The Kier molecular flexibility index (Phi) is 4.68. The standard InChI is InChI=1S/C11H22N2.ClH/c1-2-13-9-5-11(6-10-13)3-7-12-8-4-11;/h12H,2-10H2,1H3;1H. The van der Waals surface area contributed by atoms with E-state index in [2.05, 4.69) is 17.1 Å². The van der Waals surface area contributed by atoms with Crippen LogP contribution >= 0.6 is 12.4 Å². The molecule has 1 N–H and O–H groups in total. The molecule has 0 aromatic carbocycles. The van der Waals surface area contributed by atoms with Crippen LogP contribution in [0.4, 0.5) is 0 Å². The maximum Gasteiger partial charge on any atom is -0.00135 e. The molecule has 0 atom stereocenters. The Hall–Kier alpha value is 0.210. The maximum absolute atomic E-state index is 3.47. The van der Waals surface area contributed by atoms with Crippen molar-refractivity contribution in [2.75, 3.05) is 32.7 Å². The summed E-state index contributed by atoms with van der Waals surface area (Å²) in [5, 5.41) is 3.47. The average Bonchev–Trinajstić information content (AvgIpc) is 2.20. The van der Waals surface area contributed by atoms with Crippen molar-refractivity contribution < 1.29 is 0 Å². The lowest BCUT2D eigenvalue weighted by atomic mass is 9.71. The Labute approximate surface area is 93.8 Å². The quantitative estimate of drug-likeness (QED) is 0.723. The molecule has 2 rings (SSSR count). The molecule has 1 spiro atoms. The van der Waals surface area contributed by atoms with Gasteiger partial charge in [0, 0.05) is 0 Å². The van der Waals surface area contributed by atoms with Crippen LogP contribution < -0.4 is 5.32 Å². The van der Waals surface area contributed by atoms with E-state index in [1.165, 1.54) is 58.4 Å². The molecule has 0 saturated carbocycles. The highest BCUT2D eigenvalue weighted by Gasteiger charge is 2.34. The summed E-state index contributed by atoms with van der Waals surface area (Å²) in [6, 6.07) is 0. The fraction of sp³-hybridized carbons (Fsp3) is 1.00. The molecule has 2 fully saturated rings. The number of nitrogens with one attached hydrogen (secondary N) is 1. The summed E-state index contributed by atoms with van der Waals surface area (Å²) < 4.78 is 0. The van der Waals surface area contributed by atoms with Crippen LogP contribution in [0.1, 0.15) is 32.6 Å². The second-order valence-corrected chi connectivity index (χ2v) is 4.68. The Morgan fingerprint density at radius 1 is 1.07 bits per heavy atom. The van der Waals surface area contributed by atoms with Crippen molar-refractivity contribution in [3.8, 4) is 0 Å². The molecule has 2 saturated heterocycles. The van der Waals surface area contributed by atoms with Crippen LogP contribution in [0.25, 0.3) is 0 Å². The van der Waals surface area contributed by atoms with E-state index in [0.717, 1.165) is 5.41 Å². The van der Waals surface area contributed by atoms with Gasteiger partial charge < -0.3 is 10.2 Å². The van der Waals surface area contributed by atoms with Gasteiger partial charge in [0.05, 0.1) is 0 Å². The first kappa shape index (κ1) is 12.3. The van der Waals surface area contributed by atoms with Gasteiger partial charge >= 0.3 is 0 Å². The van der Waals surface area contributed by atoms with E-state index >= 15 is 0 Å². The van der Waals surface area contributed by atoms with Crippen molar-refractivity contribution in [3.05, 3.63) is 0 Å². The van der Waals surface area contributed by atoms with E-state index in [4.69, 9.17) is 0 Å². The third-order valence-electron chi connectivity index (χ3n) is 4.03. The number of piperidine rings is 2. The van der Waals surface area contributed by atoms with Crippen LogP contribution in [0.2, 0.25) is 0 Å². The minimum atomic E-state index is 0. The van der Waals surface area contributed by atoms with Gasteiger partial charge in [-0.2, -0.15) is 0 Å². The summed E-state index contributed by atoms with van der Waals surface area (Å²) in [6.45, 7) is 8.72. The van der Waals surface area contributed by atoms with Crippen LogP contribution in [-0.4, -0.2) is 37.6 Å². The van der Waals surface area contributed by atoms with Gasteiger partial charge in [-0.25, -0.2) is 0 Å². The molecule has 0 aromatic rings. The predicted molar refractivity (Wildman–Crippen MR) is 63.1 cm³/mol. The summed E-state index contributed by atoms with van der Waals surface area (Å²) in [5.74, 6) is 0. The molecule has 3 heteroatoms. The monoisotopic (exact) mass is 218 g/mol. The number of halogens is 1. The van der Waals surface area contributed by atoms with Gasteiger partial charge in [0.1, 0.15) is 0 Å². The van der Waals surface area contributed by atoms with E-state index < -0.39 is 0 Å². The Bertz CT molecular complexity index is 157. The molecule has 84 valence electrons. The SMILES string of the molecule is CCN1CCC2(CCNCC2)CC1.Cl. The summed E-state index contributed by atoms with van der Waals surface area (Å²) in [6.07, 6.45) is 5.74. The summed E-state index contributed by atoms with van der Waals surface area (Å²) in [7, 11) is 0. The van der Waals surface area contributed by atoms with Crippen LogP contribution in [0.15, 0.2) is 0 Å². The number of likely N-dealkylation sites (tertiary alicyclic amines) is 1. The zero-order valence-electron chi connectivity index (χ0n) is 9.22. The van der Waals surface area contributed by atoms with Crippen molar-refractivity contribution in [2.45, 2.75) is 32.6 Å². The minimum absolute atomic E-state index is 0. The zero-order chi connectivity index (χ0) is 9.15. The molecule has 0 bridgehead atoms. The molecular weight excluding hydrogens is 196 g/mol. The lowest BCUT2D eigenvalue weighted by molar-refractivity contribution is 0.0770. The summed E-state index contributed by atoms with van der Waals surface area (Å²) >= 11 is 0. The van der Waals surface area contributed by atoms with Crippen molar-refractivity contribution in [1.82, 2.24) is 10.2 Å². The molecule has 0 unspecified atom stereocenters. The highest BCUT2D eigenvalue weighted by Crippen LogP contribution is 2.39. The predicted octanol–water partition coefficient (Wildman–Crippen LogP) is 1.89. The zero-order valence-corrected chi connectivity index (χ0v) is 10.0. The highest BCUT2D eigenvalue weighted by molar-refractivity contribution is 5.85. The fourth-order valence-corrected chi connectivity index (χ4v) is 2.80. The fourth-order valence-electron chi connectivity index (χ4n) is 2.80. The maximum atomic E-state index is 3.47. The van der Waals surface area contributed by atoms with Crippen molar-refractivity contribution >= 4 is 12.4 Å². The number of hydrogen-bond donors (Lipinski definition) is 1. The lowest BCUT2D eigenvalue weighted by Crippen LogP contribution is -2.45. The van der Waals surface area contributed by atoms with E-state index in [-0.39, 0.29) is 12.4 Å². The van der Waals surface area contributed by atoms with Crippen LogP contribution in [0, 0.1) is 5.41 Å². The van der Waals surface area contributed by atoms with E-state index in [0.29, 0.717) is 0 Å². The smallest absolute Gasteiger partial charge is 0.00135 e. The Morgan fingerprint density at radius 2 is 1.64 bits per heavy atom. The van der Waals surface area contributed by atoms with Crippen LogP contribution in [0.3, 0.4) is 0 Å². The van der Waals surface area contributed by atoms with E-state index in [1.54, 1.807) is 0 Å². The normalized spacial score (nSPS) is 27.2. The van der Waals surface area contributed by atoms with E-state index in [1.807, 2.05) is 0 Å². The molecule has 2 nitrogen and oxygen atoms in total. The number of nitrogens with zero attached hydrogens (tertiary/aromatic N) is 1. The first-order valence-corrected chi connectivity index (χ1v) is 5.78. The lowest BCUT2D eigenvalue weighted by Gasteiger charge is -2.44. The number of rotatable bonds is 1. The molecule has 0 aliphatic carbocycles. The average molecular weight is 219 g/mol. The highest BCUT2D eigenvalue weighted by atomic mass is 35.5. The second kappa shape index (κ2) is 5.34. The van der Waals surface area contributed by atoms with E-state index in [9.17, 15) is 0 Å². The molecule has 0 radical (unpaired) electrons. The van der Waals surface area contributed by atoms with Crippen LogP contribution in [-0.2, 0) is 0 Å². The largest absolute Gasteiger partial charge is 0.317 e. The Morgan fingerprint density at radius 3 is 2.14 bits per heavy atom. The molecule has 2 aliphatic rings. The van der Waals surface area contributed by atoms with Gasteiger partial charge in [-0.1, -0.05) is 6.92 Å². The molecule has 0 amide bonds. The number of hydrogen-bond acceptors (Lipinski definition) is 2. The third-order valence-corrected chi connectivity index (χ3v) is 4.03. The first-order valence-electron chi connectivity index (χ1n) is 5.78. The van der Waals surface area contributed by atoms with Gasteiger partial charge in [0.25, 0.3) is 0 Å². The van der Waals surface area contributed by atoms with Gasteiger partial charge in [-0.3, -0.25) is 0 Å². The molecule has 2 aliphatic heterocycles. The summed E-state index contributed by atoms with van der Waals surface area (Å²) in [5.41, 5.74) is 0.733. The molecular formula is C11H23ClN2. The summed E-state index contributed by atoms with van der Waals surface area (Å²) in [4.78, 5) is 2.59. The van der Waals surface area contributed by atoms with Crippen LogP contribution in [0.5, 0.6) is 0 Å². The van der Waals surface area contributed by atoms with Crippen molar-refractivity contribution in [2.24, 2.45) is 5.41 Å². The van der Waals surface area contributed by atoms with Gasteiger partial charge in [-0.15, -0.1) is 12.4 Å². The molecule has 14 heavy (non-hydrogen) atoms. The van der Waals surface area contributed by atoms with Gasteiger partial charge in [-0.05, 0) is 63.8 Å². The Balaban J connectivity index is 0.000000980. The first-order chi connectivity index (χ1) is 6.35. The van der Waals surface area contributed by atoms with Crippen molar-refractivity contribution in [3.63, 3.8) is 0 Å². The molecule has 0 aromatic heterocycles. The topological polar surface area (TPSA) is 15.3 Å². The van der Waals surface area contributed by atoms with Gasteiger partial charge in [0.2, 0.25) is 0 Å².